The lowest BCUT2D eigenvalue weighted by Crippen LogP contribution is -2.32. The highest BCUT2D eigenvalue weighted by Gasteiger charge is 2.27. The molecule has 1 amide bonds. The van der Waals surface area contributed by atoms with E-state index in [2.05, 4.69) is 5.32 Å². The second-order valence-corrected chi connectivity index (χ2v) is 9.32. The Morgan fingerprint density at radius 1 is 1.23 bits per heavy atom. The molecule has 138 valence electrons. The number of hydrogen-bond donors (Lipinski definition) is 1. The number of benzene rings is 2. The van der Waals surface area contributed by atoms with Crippen LogP contribution in [0, 0.1) is 5.82 Å². The second kappa shape index (κ2) is 7.80. The summed E-state index contributed by atoms with van der Waals surface area (Å²) < 4.78 is 38.9. The molecule has 0 aromatic heterocycles. The lowest BCUT2D eigenvalue weighted by Gasteiger charge is -2.26. The molecule has 26 heavy (non-hydrogen) atoms. The van der Waals surface area contributed by atoms with Crippen LogP contribution < -0.4 is 5.32 Å². The molecule has 3 rings (SSSR count). The summed E-state index contributed by atoms with van der Waals surface area (Å²) in [6, 6.07) is 10.7. The minimum absolute atomic E-state index is 0.00853. The molecule has 4 nitrogen and oxygen atoms in total. The number of nitrogens with one attached hydrogen (secondary N) is 1. The number of thioether (sulfide) groups is 1. The third-order valence-electron chi connectivity index (χ3n) is 4.27. The normalized spacial score (nSPS) is 16.8. The predicted octanol–water partition coefficient (Wildman–Crippen LogP) is 3.98. The summed E-state index contributed by atoms with van der Waals surface area (Å²) in [5.41, 5.74) is 0.876. The van der Waals surface area contributed by atoms with Gasteiger partial charge in [0.1, 0.15) is 5.82 Å². The predicted molar refractivity (Wildman–Crippen MR) is 101 cm³/mol. The van der Waals surface area contributed by atoms with Gasteiger partial charge in [-0.3, -0.25) is 4.79 Å². The molecule has 1 heterocycles. The molecule has 2 aromatic carbocycles. The molecule has 0 saturated carbocycles. The molecular formula is C19H20FNO3S2. The number of halogens is 1. The van der Waals surface area contributed by atoms with Crippen molar-refractivity contribution in [2.75, 3.05) is 11.5 Å². The summed E-state index contributed by atoms with van der Waals surface area (Å²) >= 11 is 1.43. The molecule has 0 fully saturated rings. The van der Waals surface area contributed by atoms with E-state index in [0.717, 1.165) is 5.56 Å². The Balaban J connectivity index is 1.91. The second-order valence-electron chi connectivity index (χ2n) is 6.14. The third kappa shape index (κ3) is 3.78. The van der Waals surface area contributed by atoms with Gasteiger partial charge in [0.25, 0.3) is 5.91 Å². The van der Waals surface area contributed by atoms with E-state index in [1.54, 1.807) is 31.2 Å². The zero-order chi connectivity index (χ0) is 18.7. The van der Waals surface area contributed by atoms with E-state index in [9.17, 15) is 17.6 Å². The zero-order valence-electron chi connectivity index (χ0n) is 14.4. The Labute approximate surface area is 157 Å². The fraction of sp³-hybridized carbons (Fsp3) is 0.316. The van der Waals surface area contributed by atoms with Crippen molar-refractivity contribution in [1.29, 1.82) is 0 Å². The lowest BCUT2D eigenvalue weighted by molar-refractivity contribution is 0.0931. The molecule has 7 heteroatoms. The van der Waals surface area contributed by atoms with Crippen molar-refractivity contribution in [3.63, 3.8) is 0 Å². The van der Waals surface area contributed by atoms with Gasteiger partial charge in [0, 0.05) is 10.6 Å². The SMILES string of the molecule is CCCS(=O)(=O)c1ccccc1C(=O)NC1CCSc2c(F)cccc21. The zero-order valence-corrected chi connectivity index (χ0v) is 16.0. The van der Waals surface area contributed by atoms with Gasteiger partial charge in [-0.05, 0) is 36.6 Å². The molecule has 2 aromatic rings. The minimum Gasteiger partial charge on any atom is -0.345 e. The van der Waals surface area contributed by atoms with Gasteiger partial charge in [0.15, 0.2) is 9.84 Å². The maximum absolute atomic E-state index is 14.0. The van der Waals surface area contributed by atoms with Crippen molar-refractivity contribution in [2.24, 2.45) is 0 Å². The molecule has 1 aliphatic rings. The summed E-state index contributed by atoms with van der Waals surface area (Å²) in [4.78, 5) is 13.4. The van der Waals surface area contributed by atoms with Crippen LogP contribution in [0.15, 0.2) is 52.3 Å². The van der Waals surface area contributed by atoms with Gasteiger partial charge < -0.3 is 5.32 Å². The summed E-state index contributed by atoms with van der Waals surface area (Å²) in [7, 11) is -3.52. The van der Waals surface area contributed by atoms with Crippen molar-refractivity contribution in [1.82, 2.24) is 5.32 Å². The summed E-state index contributed by atoms with van der Waals surface area (Å²) in [5.74, 6) is -0.0650. The van der Waals surface area contributed by atoms with E-state index >= 15 is 0 Å². The maximum atomic E-state index is 14.0. The van der Waals surface area contributed by atoms with Gasteiger partial charge in [-0.25, -0.2) is 12.8 Å². The number of carbonyl (C=O) groups is 1. The van der Waals surface area contributed by atoms with Gasteiger partial charge in [-0.15, -0.1) is 11.8 Å². The first-order valence-corrected chi connectivity index (χ1v) is 11.1. The van der Waals surface area contributed by atoms with Crippen molar-refractivity contribution in [2.45, 2.75) is 35.6 Å². The highest BCUT2D eigenvalue weighted by atomic mass is 32.2. The monoisotopic (exact) mass is 393 g/mol. The van der Waals surface area contributed by atoms with Crippen LogP contribution in [-0.2, 0) is 9.84 Å². The van der Waals surface area contributed by atoms with Crippen LogP contribution in [0.2, 0.25) is 0 Å². The lowest BCUT2D eigenvalue weighted by atomic mass is 10.0. The number of carbonyl (C=O) groups excluding carboxylic acids is 1. The number of sulfone groups is 1. The molecule has 1 aliphatic heterocycles. The first-order chi connectivity index (χ1) is 12.4. The maximum Gasteiger partial charge on any atom is 0.253 e. The van der Waals surface area contributed by atoms with E-state index in [1.807, 2.05) is 0 Å². The highest BCUT2D eigenvalue weighted by molar-refractivity contribution is 7.99. The molecule has 0 spiro atoms. The average molecular weight is 394 g/mol. The van der Waals surface area contributed by atoms with Crippen molar-refractivity contribution in [3.05, 3.63) is 59.4 Å². The van der Waals surface area contributed by atoms with E-state index in [0.29, 0.717) is 23.5 Å². The molecule has 0 bridgehead atoms. The van der Waals surface area contributed by atoms with Crippen molar-refractivity contribution < 1.29 is 17.6 Å². The molecule has 1 atom stereocenters. The quantitative estimate of drug-likeness (QED) is 0.835. The molecule has 1 N–H and O–H groups in total. The van der Waals surface area contributed by atoms with Gasteiger partial charge in [0.2, 0.25) is 0 Å². The first-order valence-electron chi connectivity index (χ1n) is 8.48. The van der Waals surface area contributed by atoms with E-state index in [-0.39, 0.29) is 28.1 Å². The third-order valence-corrected chi connectivity index (χ3v) is 7.40. The fourth-order valence-electron chi connectivity index (χ4n) is 3.08. The number of rotatable bonds is 5. The van der Waals surface area contributed by atoms with Crippen LogP contribution >= 0.6 is 11.8 Å². The Morgan fingerprint density at radius 3 is 2.77 bits per heavy atom. The van der Waals surface area contributed by atoms with Gasteiger partial charge in [-0.1, -0.05) is 31.2 Å². The number of fused-ring (bicyclic) bond motifs is 1. The van der Waals surface area contributed by atoms with E-state index < -0.39 is 15.7 Å². The van der Waals surface area contributed by atoms with Gasteiger partial charge >= 0.3 is 0 Å². The fourth-order valence-corrected chi connectivity index (χ4v) is 5.76. The van der Waals surface area contributed by atoms with Crippen LogP contribution in [0.4, 0.5) is 4.39 Å². The molecule has 0 saturated heterocycles. The van der Waals surface area contributed by atoms with Gasteiger partial charge in [0.05, 0.1) is 22.3 Å². The van der Waals surface area contributed by atoms with Crippen molar-refractivity contribution in [3.8, 4) is 0 Å². The highest BCUT2D eigenvalue weighted by Crippen LogP contribution is 2.38. The smallest absolute Gasteiger partial charge is 0.253 e. The summed E-state index contributed by atoms with van der Waals surface area (Å²) in [6.07, 6.45) is 1.14. The largest absolute Gasteiger partial charge is 0.345 e. The van der Waals surface area contributed by atoms with Crippen LogP contribution in [-0.4, -0.2) is 25.8 Å². The average Bonchev–Trinajstić information content (AvgIpc) is 2.62. The Bertz CT molecular complexity index is 928. The summed E-state index contributed by atoms with van der Waals surface area (Å²) in [6.45, 7) is 1.78. The minimum atomic E-state index is -3.52. The van der Waals surface area contributed by atoms with Crippen LogP contribution in [0.3, 0.4) is 0 Å². The van der Waals surface area contributed by atoms with Crippen LogP contribution in [0.5, 0.6) is 0 Å². The number of hydrogen-bond acceptors (Lipinski definition) is 4. The van der Waals surface area contributed by atoms with E-state index in [4.69, 9.17) is 0 Å². The Kier molecular flexibility index (Phi) is 5.67. The van der Waals surface area contributed by atoms with Gasteiger partial charge in [-0.2, -0.15) is 0 Å². The summed E-state index contributed by atoms with van der Waals surface area (Å²) in [5, 5.41) is 2.89. The standard InChI is InChI=1S/C19H20FNO3S2/c1-2-12-26(23,24)17-9-4-3-6-14(17)19(22)21-16-10-11-25-18-13(16)7-5-8-15(18)20/h3-9,16H,2,10-12H2,1H3,(H,21,22). The Morgan fingerprint density at radius 2 is 2.00 bits per heavy atom. The van der Waals surface area contributed by atoms with E-state index in [1.165, 1.54) is 30.0 Å². The van der Waals surface area contributed by atoms with Crippen LogP contribution in [0.25, 0.3) is 0 Å². The Hall–Kier alpha value is -1.86. The first kappa shape index (κ1) is 18.9. The topological polar surface area (TPSA) is 63.2 Å². The molecule has 0 radical (unpaired) electrons. The molecular weight excluding hydrogens is 373 g/mol. The molecule has 1 unspecified atom stereocenters. The number of amides is 1. The van der Waals surface area contributed by atoms with Crippen LogP contribution in [0.1, 0.15) is 41.7 Å². The molecule has 0 aliphatic carbocycles. The van der Waals surface area contributed by atoms with Crippen molar-refractivity contribution >= 4 is 27.5 Å².